The van der Waals surface area contributed by atoms with E-state index in [1.807, 2.05) is 0 Å². The first-order valence-corrected chi connectivity index (χ1v) is 9.87. The Bertz CT molecular complexity index is 958. The lowest BCUT2D eigenvalue weighted by molar-refractivity contribution is -0.123. The van der Waals surface area contributed by atoms with Crippen molar-refractivity contribution >= 4 is 35.1 Å². The molecule has 0 spiro atoms. The van der Waals surface area contributed by atoms with Crippen LogP contribution in [0.2, 0.25) is 5.02 Å². The van der Waals surface area contributed by atoms with E-state index in [0.717, 1.165) is 19.3 Å². The molecule has 2 aliphatic carbocycles. The molecule has 142 valence electrons. The summed E-state index contributed by atoms with van der Waals surface area (Å²) >= 11 is 5.86. The van der Waals surface area contributed by atoms with E-state index in [4.69, 9.17) is 16.3 Å². The van der Waals surface area contributed by atoms with Crippen LogP contribution in [0.4, 0.5) is 5.69 Å². The van der Waals surface area contributed by atoms with Gasteiger partial charge >= 0.3 is 5.97 Å². The van der Waals surface area contributed by atoms with Crippen LogP contribution in [0, 0.1) is 23.7 Å². The molecule has 3 aliphatic rings. The van der Waals surface area contributed by atoms with Gasteiger partial charge in [0.1, 0.15) is 5.75 Å². The minimum Gasteiger partial charge on any atom is -0.423 e. The van der Waals surface area contributed by atoms with Crippen LogP contribution in [0.15, 0.2) is 48.5 Å². The Morgan fingerprint density at radius 3 is 2.18 bits per heavy atom. The number of ether oxygens (including phenoxy) is 1. The molecule has 2 bridgehead atoms. The summed E-state index contributed by atoms with van der Waals surface area (Å²) in [5.74, 6) is -0.480. The van der Waals surface area contributed by atoms with Gasteiger partial charge in [-0.15, -0.1) is 0 Å². The monoisotopic (exact) mass is 395 g/mol. The summed E-state index contributed by atoms with van der Waals surface area (Å²) < 4.78 is 5.43. The molecule has 0 aromatic heterocycles. The zero-order valence-electron chi connectivity index (χ0n) is 15.0. The van der Waals surface area contributed by atoms with E-state index < -0.39 is 5.97 Å². The third-order valence-electron chi connectivity index (χ3n) is 6.32. The number of amides is 2. The van der Waals surface area contributed by atoms with Gasteiger partial charge in [-0.05, 0) is 67.5 Å². The number of esters is 1. The lowest BCUT2D eigenvalue weighted by Gasteiger charge is -2.19. The smallest absolute Gasteiger partial charge is 0.345 e. The summed E-state index contributed by atoms with van der Waals surface area (Å²) in [5, 5.41) is 0.537. The molecule has 1 saturated heterocycles. The number of halogens is 1. The fraction of sp³-hybridized carbons (Fsp3) is 0.318. The van der Waals surface area contributed by atoms with Gasteiger partial charge in [-0.1, -0.05) is 23.7 Å². The van der Waals surface area contributed by atoms with E-state index >= 15 is 0 Å². The molecule has 4 atom stereocenters. The predicted octanol–water partition coefficient (Wildman–Crippen LogP) is 4.09. The first-order chi connectivity index (χ1) is 13.5. The second-order valence-electron chi connectivity index (χ2n) is 7.76. The van der Waals surface area contributed by atoms with Crippen molar-refractivity contribution in [3.63, 3.8) is 0 Å². The minimum atomic E-state index is -0.612. The van der Waals surface area contributed by atoms with Crippen LogP contribution in [-0.4, -0.2) is 17.8 Å². The maximum atomic E-state index is 13.1. The average molecular weight is 396 g/mol. The number of para-hydroxylation sites is 1. The van der Waals surface area contributed by atoms with Crippen LogP contribution in [0.25, 0.3) is 0 Å². The predicted molar refractivity (Wildman–Crippen MR) is 103 cm³/mol. The zero-order chi connectivity index (χ0) is 19.4. The van der Waals surface area contributed by atoms with Crippen LogP contribution >= 0.6 is 11.6 Å². The third-order valence-corrected chi connectivity index (χ3v) is 6.57. The van der Waals surface area contributed by atoms with Crippen LogP contribution in [0.3, 0.4) is 0 Å². The summed E-state index contributed by atoms with van der Waals surface area (Å²) in [6, 6.07) is 13.1. The molecule has 2 aromatic rings. The number of benzene rings is 2. The van der Waals surface area contributed by atoms with Crippen molar-refractivity contribution < 1.29 is 19.1 Å². The first-order valence-electron chi connectivity index (χ1n) is 9.49. The standard InChI is InChI=1S/C22H18ClNO4/c23-14-7-9-15(10-8-14)28-22(27)16-3-1-2-4-17(16)24-20(25)18-12-5-6-13(11-12)19(18)21(24)26/h1-4,7-10,12-13,18-19H,5-6,11H2/t12-,13+,18-,19-/m0/s1. The van der Waals surface area contributed by atoms with Crippen molar-refractivity contribution in [2.75, 3.05) is 4.90 Å². The van der Waals surface area contributed by atoms with Gasteiger partial charge in [-0.2, -0.15) is 0 Å². The number of carbonyl (C=O) groups excluding carboxylic acids is 3. The summed E-state index contributed by atoms with van der Waals surface area (Å²) in [5.41, 5.74) is 0.511. The SMILES string of the molecule is O=C(Oc1ccc(Cl)cc1)c1ccccc1N1C(=O)[C@H]2[C@@H]3CC[C@@H](C3)[C@@H]2C1=O. The Balaban J connectivity index is 1.47. The fourth-order valence-corrected chi connectivity index (χ4v) is 5.28. The molecule has 6 heteroatoms. The van der Waals surface area contributed by atoms with Crippen molar-refractivity contribution in [1.82, 2.24) is 0 Å². The van der Waals surface area contributed by atoms with E-state index in [-0.39, 0.29) is 29.2 Å². The summed E-state index contributed by atoms with van der Waals surface area (Å²) in [6.07, 6.45) is 3.00. The number of anilines is 1. The maximum Gasteiger partial charge on any atom is 0.345 e. The normalized spacial score (nSPS) is 28.0. The topological polar surface area (TPSA) is 63.7 Å². The van der Waals surface area contributed by atoms with Crippen LogP contribution in [-0.2, 0) is 9.59 Å². The number of imide groups is 1. The molecule has 0 unspecified atom stereocenters. The molecular formula is C22H18ClNO4. The van der Waals surface area contributed by atoms with Crippen molar-refractivity contribution in [3.8, 4) is 5.75 Å². The van der Waals surface area contributed by atoms with E-state index in [2.05, 4.69) is 0 Å². The molecule has 0 radical (unpaired) electrons. The summed E-state index contributed by atoms with van der Waals surface area (Å²) in [7, 11) is 0. The first kappa shape index (κ1) is 17.4. The Kier molecular flexibility index (Phi) is 4.02. The van der Waals surface area contributed by atoms with Gasteiger partial charge in [-0.25, -0.2) is 9.69 Å². The van der Waals surface area contributed by atoms with E-state index in [9.17, 15) is 14.4 Å². The van der Waals surface area contributed by atoms with Crippen molar-refractivity contribution in [1.29, 1.82) is 0 Å². The number of hydrogen-bond donors (Lipinski definition) is 0. The van der Waals surface area contributed by atoms with Gasteiger partial charge in [-0.3, -0.25) is 9.59 Å². The molecule has 5 nitrogen and oxygen atoms in total. The highest BCUT2D eigenvalue weighted by Gasteiger charge is 2.61. The van der Waals surface area contributed by atoms with Crippen LogP contribution in [0.1, 0.15) is 29.6 Å². The molecule has 2 saturated carbocycles. The van der Waals surface area contributed by atoms with E-state index in [1.165, 1.54) is 4.90 Å². The minimum absolute atomic E-state index is 0.172. The molecule has 5 rings (SSSR count). The lowest BCUT2D eigenvalue weighted by atomic mass is 9.81. The molecule has 1 aliphatic heterocycles. The highest BCUT2D eigenvalue weighted by atomic mass is 35.5. The van der Waals surface area contributed by atoms with Gasteiger partial charge in [0.15, 0.2) is 0 Å². The quantitative estimate of drug-likeness (QED) is 0.446. The van der Waals surface area contributed by atoms with Gasteiger partial charge in [0.2, 0.25) is 11.8 Å². The maximum absolute atomic E-state index is 13.1. The molecule has 2 aromatic carbocycles. The van der Waals surface area contributed by atoms with Gasteiger partial charge in [0, 0.05) is 5.02 Å². The number of hydrogen-bond acceptors (Lipinski definition) is 4. The Morgan fingerprint density at radius 1 is 0.929 bits per heavy atom. The molecule has 2 amide bonds. The van der Waals surface area contributed by atoms with Crippen LogP contribution in [0.5, 0.6) is 5.75 Å². The van der Waals surface area contributed by atoms with E-state index in [0.29, 0.717) is 28.3 Å². The number of fused-ring (bicyclic) bond motifs is 5. The highest BCUT2D eigenvalue weighted by molar-refractivity contribution is 6.30. The molecule has 1 heterocycles. The second-order valence-corrected chi connectivity index (χ2v) is 8.19. The van der Waals surface area contributed by atoms with Crippen molar-refractivity contribution in [2.24, 2.45) is 23.7 Å². The molecule has 0 N–H and O–H groups in total. The summed E-state index contributed by atoms with van der Waals surface area (Å²) in [4.78, 5) is 40.2. The molecule has 28 heavy (non-hydrogen) atoms. The fourth-order valence-electron chi connectivity index (χ4n) is 5.15. The molecular weight excluding hydrogens is 378 g/mol. The second kappa shape index (κ2) is 6.45. The number of carbonyl (C=O) groups is 3. The Morgan fingerprint density at radius 2 is 1.54 bits per heavy atom. The van der Waals surface area contributed by atoms with E-state index in [1.54, 1.807) is 48.5 Å². The lowest BCUT2D eigenvalue weighted by Crippen LogP contribution is -2.34. The highest BCUT2D eigenvalue weighted by Crippen LogP contribution is 2.56. The van der Waals surface area contributed by atoms with Crippen molar-refractivity contribution in [3.05, 3.63) is 59.1 Å². The summed E-state index contributed by atoms with van der Waals surface area (Å²) in [6.45, 7) is 0. The van der Waals surface area contributed by atoms with Gasteiger partial charge in [0.05, 0.1) is 23.1 Å². The number of rotatable bonds is 3. The average Bonchev–Trinajstić information content (AvgIpc) is 3.37. The third kappa shape index (κ3) is 2.57. The molecule has 3 fully saturated rings. The Hall–Kier alpha value is -2.66. The van der Waals surface area contributed by atoms with Crippen LogP contribution < -0.4 is 9.64 Å². The van der Waals surface area contributed by atoms with Crippen molar-refractivity contribution in [2.45, 2.75) is 19.3 Å². The zero-order valence-corrected chi connectivity index (χ0v) is 15.8. The van der Waals surface area contributed by atoms with Gasteiger partial charge in [0.25, 0.3) is 0 Å². The Labute approximate surface area is 167 Å². The largest absolute Gasteiger partial charge is 0.423 e. The number of nitrogens with zero attached hydrogens (tertiary/aromatic N) is 1. The van der Waals surface area contributed by atoms with Gasteiger partial charge < -0.3 is 4.74 Å².